The van der Waals surface area contributed by atoms with E-state index in [0.29, 0.717) is 29.5 Å². The number of anilines is 1. The van der Waals surface area contributed by atoms with Gasteiger partial charge >= 0.3 is 0 Å². The van der Waals surface area contributed by atoms with Crippen LogP contribution in [0.3, 0.4) is 0 Å². The van der Waals surface area contributed by atoms with Gasteiger partial charge < -0.3 is 16.4 Å². The van der Waals surface area contributed by atoms with Crippen molar-refractivity contribution < 1.29 is 9.59 Å². The summed E-state index contributed by atoms with van der Waals surface area (Å²) in [4.78, 5) is 31.9. The number of rotatable bonds is 10. The fourth-order valence-corrected chi connectivity index (χ4v) is 6.59. The van der Waals surface area contributed by atoms with Crippen molar-refractivity contribution in [3.63, 3.8) is 0 Å². The van der Waals surface area contributed by atoms with E-state index in [0.717, 1.165) is 58.1 Å². The number of hydrogen-bond donors (Lipinski definition) is 3. The zero-order valence-electron chi connectivity index (χ0n) is 26.0. The number of carbonyl (C=O) groups is 2. The molecular weight excluding hydrogens is 641 g/mol. The molecule has 0 spiro atoms. The molecule has 0 aliphatic carbocycles. The van der Waals surface area contributed by atoms with E-state index in [1.54, 1.807) is 11.3 Å². The number of benzene rings is 2. The number of amides is 2. The fraction of sp³-hybridized carbons (Fsp3) is 0.324. The van der Waals surface area contributed by atoms with Crippen molar-refractivity contribution >= 4 is 58.6 Å². The Kier molecular flexibility index (Phi) is 12.1. The molecular formula is C34H37Cl2N7O2S. The number of nitrogens with one attached hydrogen (secondary N) is 2. The van der Waals surface area contributed by atoms with Gasteiger partial charge in [0.1, 0.15) is 16.9 Å². The molecule has 3 heterocycles. The van der Waals surface area contributed by atoms with Crippen molar-refractivity contribution in [3.05, 3.63) is 92.3 Å². The summed E-state index contributed by atoms with van der Waals surface area (Å²) in [6, 6.07) is 14.5. The number of nitrogens with zero attached hydrogens (tertiary/aromatic N) is 4. The Morgan fingerprint density at radius 2 is 1.83 bits per heavy atom. The minimum atomic E-state index is -0.514. The first-order valence-corrected chi connectivity index (χ1v) is 16.2. The second kappa shape index (κ2) is 16.0. The maximum atomic E-state index is 13.2. The van der Waals surface area contributed by atoms with E-state index < -0.39 is 6.04 Å². The molecule has 12 heteroatoms. The summed E-state index contributed by atoms with van der Waals surface area (Å²) < 4.78 is 2.04. The molecule has 0 bridgehead atoms. The maximum absolute atomic E-state index is 13.2. The van der Waals surface area contributed by atoms with Crippen LogP contribution >= 0.6 is 35.3 Å². The molecule has 0 radical (unpaired) electrons. The summed E-state index contributed by atoms with van der Waals surface area (Å²) in [7, 11) is 0. The van der Waals surface area contributed by atoms with Crippen molar-refractivity contribution in [3.8, 4) is 16.8 Å². The first kappa shape index (κ1) is 34.9. The van der Waals surface area contributed by atoms with Crippen LogP contribution in [0, 0.1) is 32.6 Å². The predicted molar refractivity (Wildman–Crippen MR) is 188 cm³/mol. The topological polar surface area (TPSA) is 127 Å². The number of fused-ring (bicyclic) bond motifs is 3. The number of aromatic nitrogens is 3. The maximum Gasteiger partial charge on any atom is 0.224 e. The fourth-order valence-electron chi connectivity index (χ4n) is 5.25. The normalized spacial score (nSPS) is 13.2. The largest absolute Gasteiger partial charge is 0.356 e. The minimum absolute atomic E-state index is 0. The molecule has 2 aromatic heterocycles. The third-order valence-electron chi connectivity index (χ3n) is 7.62. The number of carbonyl (C=O) groups excluding carboxylic acids is 2. The highest BCUT2D eigenvalue weighted by molar-refractivity contribution is 7.15. The number of halogens is 2. The van der Waals surface area contributed by atoms with Crippen molar-refractivity contribution in [1.29, 1.82) is 0 Å². The lowest BCUT2D eigenvalue weighted by atomic mass is 9.99. The first-order valence-electron chi connectivity index (χ1n) is 15.0. The minimum Gasteiger partial charge on any atom is -0.356 e. The SMILES string of the molecule is Cc1sc2c(c1C)C(c1ccc(Cl)cc1)=N[C@@H](CC(=O)NCCCCCC(=O)Nc1cccc(C#CCN)c1)c1nnc(C)n1-2.Cl. The third kappa shape index (κ3) is 8.22. The Balaban J connectivity index is 0.00000480. The van der Waals surface area contributed by atoms with Crippen LogP contribution in [0.1, 0.15) is 76.9 Å². The number of aliphatic imine (C=N–C) groups is 1. The molecule has 0 unspecified atom stereocenters. The summed E-state index contributed by atoms with van der Waals surface area (Å²) in [6.07, 6.45) is 2.83. The summed E-state index contributed by atoms with van der Waals surface area (Å²) in [6.45, 7) is 6.92. The molecule has 4 N–H and O–H groups in total. The third-order valence-corrected chi connectivity index (χ3v) is 9.06. The molecule has 46 heavy (non-hydrogen) atoms. The van der Waals surface area contributed by atoms with Gasteiger partial charge in [0.15, 0.2) is 5.82 Å². The van der Waals surface area contributed by atoms with E-state index in [1.807, 2.05) is 60.0 Å². The van der Waals surface area contributed by atoms with Gasteiger partial charge in [0.05, 0.1) is 18.7 Å². The molecule has 4 aromatic rings. The van der Waals surface area contributed by atoms with Crippen LogP contribution in [0.25, 0.3) is 5.00 Å². The highest BCUT2D eigenvalue weighted by Crippen LogP contribution is 2.39. The summed E-state index contributed by atoms with van der Waals surface area (Å²) in [5, 5.41) is 16.4. The van der Waals surface area contributed by atoms with E-state index in [9.17, 15) is 9.59 Å². The van der Waals surface area contributed by atoms with Crippen LogP contribution in [-0.4, -0.2) is 45.4 Å². The van der Waals surface area contributed by atoms with Gasteiger partial charge in [-0.2, -0.15) is 0 Å². The smallest absolute Gasteiger partial charge is 0.224 e. The highest BCUT2D eigenvalue weighted by Gasteiger charge is 2.32. The number of hydrogen-bond acceptors (Lipinski definition) is 7. The van der Waals surface area contributed by atoms with E-state index >= 15 is 0 Å². The molecule has 2 amide bonds. The van der Waals surface area contributed by atoms with Crippen molar-refractivity contribution in [2.24, 2.45) is 10.7 Å². The Morgan fingerprint density at radius 1 is 1.04 bits per heavy atom. The van der Waals surface area contributed by atoms with E-state index in [-0.39, 0.29) is 37.2 Å². The molecule has 1 atom stereocenters. The van der Waals surface area contributed by atoms with Gasteiger partial charge in [-0.1, -0.05) is 48.1 Å². The molecule has 0 saturated heterocycles. The lowest BCUT2D eigenvalue weighted by molar-refractivity contribution is -0.121. The van der Waals surface area contributed by atoms with E-state index in [1.165, 1.54) is 4.88 Å². The average Bonchev–Trinajstić information content (AvgIpc) is 3.50. The predicted octanol–water partition coefficient (Wildman–Crippen LogP) is 6.24. The molecule has 1 aliphatic rings. The molecule has 1 aliphatic heterocycles. The summed E-state index contributed by atoms with van der Waals surface area (Å²) >= 11 is 7.88. The van der Waals surface area contributed by atoms with Gasteiger partial charge in [0.25, 0.3) is 0 Å². The Morgan fingerprint density at radius 3 is 2.59 bits per heavy atom. The summed E-state index contributed by atoms with van der Waals surface area (Å²) in [5.41, 5.74) is 10.9. The summed E-state index contributed by atoms with van der Waals surface area (Å²) in [5.74, 6) is 7.02. The van der Waals surface area contributed by atoms with Gasteiger partial charge in [-0.3, -0.25) is 19.1 Å². The van der Waals surface area contributed by atoms with Gasteiger partial charge in [-0.25, -0.2) is 0 Å². The lowest BCUT2D eigenvalue weighted by Gasteiger charge is -2.13. The second-order valence-electron chi connectivity index (χ2n) is 10.9. The number of aryl methyl sites for hydroxylation is 2. The van der Waals surface area contributed by atoms with Gasteiger partial charge in [-0.15, -0.1) is 33.9 Å². The zero-order valence-corrected chi connectivity index (χ0v) is 28.4. The van der Waals surface area contributed by atoms with E-state index in [2.05, 4.69) is 46.5 Å². The molecule has 240 valence electrons. The zero-order chi connectivity index (χ0) is 31.9. The molecule has 0 saturated carbocycles. The Bertz CT molecular complexity index is 1800. The van der Waals surface area contributed by atoms with Gasteiger partial charge in [0, 0.05) is 45.2 Å². The van der Waals surface area contributed by atoms with Gasteiger partial charge in [0.2, 0.25) is 11.8 Å². The monoisotopic (exact) mass is 677 g/mol. The van der Waals surface area contributed by atoms with Crippen LogP contribution in [0.2, 0.25) is 5.02 Å². The number of unbranched alkanes of at least 4 members (excludes halogenated alkanes) is 2. The number of nitrogens with two attached hydrogens (primary N) is 1. The van der Waals surface area contributed by atoms with Crippen LogP contribution in [0.5, 0.6) is 0 Å². The quantitative estimate of drug-likeness (QED) is 0.135. The number of thiophene rings is 1. The highest BCUT2D eigenvalue weighted by atomic mass is 35.5. The van der Waals surface area contributed by atoms with Gasteiger partial charge in [-0.05, 0) is 69.5 Å². The van der Waals surface area contributed by atoms with Crippen molar-refractivity contribution in [1.82, 2.24) is 20.1 Å². The van der Waals surface area contributed by atoms with Crippen LogP contribution < -0.4 is 16.4 Å². The Hall–Kier alpha value is -4.01. The van der Waals surface area contributed by atoms with Crippen molar-refractivity contribution in [2.75, 3.05) is 18.4 Å². The second-order valence-corrected chi connectivity index (χ2v) is 12.5. The molecule has 5 rings (SSSR count). The molecule has 0 fully saturated rings. The van der Waals surface area contributed by atoms with E-state index in [4.69, 9.17) is 22.3 Å². The van der Waals surface area contributed by atoms with Crippen LogP contribution in [0.15, 0.2) is 53.5 Å². The lowest BCUT2D eigenvalue weighted by Crippen LogP contribution is -2.26. The first-order chi connectivity index (χ1) is 21.7. The van der Waals surface area contributed by atoms with Crippen LogP contribution in [-0.2, 0) is 9.59 Å². The van der Waals surface area contributed by atoms with Crippen molar-refractivity contribution in [2.45, 2.75) is 58.9 Å². The molecule has 2 aromatic carbocycles. The van der Waals surface area contributed by atoms with Crippen LogP contribution in [0.4, 0.5) is 5.69 Å². The molecule has 9 nitrogen and oxygen atoms in total. The standard InChI is InChI=1S/C34H36ClN7O2S.ClH/c1-21-22(2)45-34-31(21)32(25-13-15-26(35)16-14-25)39-28(33-41-40-23(3)42(33)34)20-30(44)37-18-6-4-5-12-29(43)38-27-11-7-9-24(19-27)10-8-17-36;/h7,9,11,13-16,19,28H,4-6,12,17-18,20,36H2,1-3H3,(H,37,44)(H,38,43);1H/t28-;/m0./s1. The Labute approximate surface area is 284 Å². The average molecular weight is 679 g/mol.